The van der Waals surface area contributed by atoms with Crippen LogP contribution in [0.25, 0.3) is 0 Å². The molecule has 0 aliphatic carbocycles. The lowest BCUT2D eigenvalue weighted by Gasteiger charge is -2.09. The van der Waals surface area contributed by atoms with Crippen LogP contribution in [0.2, 0.25) is 5.02 Å². The minimum Gasteiger partial charge on any atom is -0.478 e. The van der Waals surface area contributed by atoms with Crippen LogP contribution in [0.5, 0.6) is 11.5 Å². The Bertz CT molecular complexity index is 734. The minimum absolute atomic E-state index is 0.123. The molecule has 0 atom stereocenters. The first kappa shape index (κ1) is 15.3. The maximum atomic E-state index is 11.0. The van der Waals surface area contributed by atoms with Crippen LogP contribution < -0.4 is 4.74 Å². The van der Waals surface area contributed by atoms with E-state index in [-0.39, 0.29) is 27.8 Å². The van der Waals surface area contributed by atoms with Gasteiger partial charge >= 0.3 is 11.7 Å². The van der Waals surface area contributed by atoms with Gasteiger partial charge in [0.05, 0.1) is 15.5 Å². The van der Waals surface area contributed by atoms with Crippen LogP contribution in [0.3, 0.4) is 0 Å². The highest BCUT2D eigenvalue weighted by Crippen LogP contribution is 2.36. The number of hydrogen-bond acceptors (Lipinski definition) is 4. The number of carboxylic acids is 1. The third-order valence-corrected chi connectivity index (χ3v) is 3.32. The molecule has 108 valence electrons. The molecule has 6 nitrogen and oxygen atoms in total. The van der Waals surface area contributed by atoms with Crippen molar-refractivity contribution in [2.45, 2.75) is 0 Å². The molecule has 2 aromatic carbocycles. The van der Waals surface area contributed by atoms with Gasteiger partial charge in [0.25, 0.3) is 0 Å². The molecule has 0 radical (unpaired) electrons. The predicted molar refractivity (Wildman–Crippen MR) is 79.3 cm³/mol. The van der Waals surface area contributed by atoms with Crippen molar-refractivity contribution in [3.05, 3.63) is 61.6 Å². The molecule has 0 aliphatic rings. The largest absolute Gasteiger partial charge is 0.478 e. The molecule has 2 rings (SSSR count). The number of rotatable bonds is 4. The minimum atomic E-state index is -1.21. The van der Waals surface area contributed by atoms with Crippen molar-refractivity contribution in [3.8, 4) is 11.5 Å². The number of benzene rings is 2. The highest BCUT2D eigenvalue weighted by molar-refractivity contribution is 9.10. The van der Waals surface area contributed by atoms with Gasteiger partial charge < -0.3 is 9.84 Å². The van der Waals surface area contributed by atoms with Gasteiger partial charge in [-0.2, -0.15) is 0 Å². The van der Waals surface area contributed by atoms with E-state index in [0.29, 0.717) is 4.47 Å². The fraction of sp³-hybridized carbons (Fsp3) is 0. The summed E-state index contributed by atoms with van der Waals surface area (Å²) >= 11 is 9.18. The Morgan fingerprint density at radius 2 is 1.95 bits per heavy atom. The number of hydrogen-bond donors (Lipinski definition) is 1. The van der Waals surface area contributed by atoms with E-state index in [9.17, 15) is 14.9 Å². The molecule has 21 heavy (non-hydrogen) atoms. The Kier molecular flexibility index (Phi) is 4.44. The monoisotopic (exact) mass is 371 g/mol. The maximum Gasteiger partial charge on any atom is 0.335 e. The molecule has 0 bridgehead atoms. The van der Waals surface area contributed by atoms with Crippen molar-refractivity contribution < 1.29 is 19.6 Å². The normalized spacial score (nSPS) is 10.2. The van der Waals surface area contributed by atoms with E-state index in [1.165, 1.54) is 6.07 Å². The molecule has 0 saturated carbocycles. The number of nitro benzene ring substituents is 1. The highest BCUT2D eigenvalue weighted by atomic mass is 79.9. The van der Waals surface area contributed by atoms with Gasteiger partial charge in [0.15, 0.2) is 0 Å². The number of nitro groups is 1. The summed E-state index contributed by atoms with van der Waals surface area (Å²) in [4.78, 5) is 21.3. The highest BCUT2D eigenvalue weighted by Gasteiger charge is 2.19. The van der Waals surface area contributed by atoms with Gasteiger partial charge in [0, 0.05) is 16.6 Å². The van der Waals surface area contributed by atoms with E-state index in [0.717, 1.165) is 18.2 Å². The molecule has 2 aromatic rings. The first-order chi connectivity index (χ1) is 9.88. The van der Waals surface area contributed by atoms with Crippen LogP contribution in [-0.4, -0.2) is 16.0 Å². The lowest BCUT2D eigenvalue weighted by atomic mass is 10.2. The van der Waals surface area contributed by atoms with Gasteiger partial charge in [-0.3, -0.25) is 10.1 Å². The third kappa shape index (κ3) is 3.50. The van der Waals surface area contributed by atoms with Gasteiger partial charge in [-0.1, -0.05) is 27.5 Å². The van der Waals surface area contributed by atoms with E-state index in [1.54, 1.807) is 12.1 Å². The van der Waals surface area contributed by atoms with Crippen LogP contribution in [0.1, 0.15) is 10.4 Å². The molecule has 8 heteroatoms. The summed E-state index contributed by atoms with van der Waals surface area (Å²) in [6.45, 7) is 0. The maximum absolute atomic E-state index is 11.0. The summed E-state index contributed by atoms with van der Waals surface area (Å²) in [5, 5.41) is 20.2. The molecule has 0 fully saturated rings. The lowest BCUT2D eigenvalue weighted by molar-refractivity contribution is -0.385. The first-order valence-corrected chi connectivity index (χ1v) is 6.70. The molecule has 0 saturated heterocycles. The Hall–Kier alpha value is -2.12. The summed E-state index contributed by atoms with van der Waals surface area (Å²) in [6, 6.07) is 8.04. The standard InChI is InChI=1S/C13H7BrClNO5/c14-8-2-3-9(15)11(6-8)21-12-5-7(13(17)18)1-4-10(12)16(19)20/h1-6H,(H,17,18). The van der Waals surface area contributed by atoms with Gasteiger partial charge in [0.2, 0.25) is 5.75 Å². The molecule has 0 amide bonds. The molecule has 0 aromatic heterocycles. The van der Waals surface area contributed by atoms with Crippen molar-refractivity contribution in [3.63, 3.8) is 0 Å². The van der Waals surface area contributed by atoms with E-state index in [1.807, 2.05) is 0 Å². The van der Waals surface area contributed by atoms with Crippen molar-refractivity contribution in [2.24, 2.45) is 0 Å². The fourth-order valence-corrected chi connectivity index (χ4v) is 2.05. The summed E-state index contributed by atoms with van der Waals surface area (Å²) in [5.74, 6) is -1.23. The second-order valence-corrected chi connectivity index (χ2v) is 5.24. The quantitative estimate of drug-likeness (QED) is 0.630. The number of ether oxygens (including phenoxy) is 1. The number of nitrogens with zero attached hydrogens (tertiary/aromatic N) is 1. The molecular formula is C13H7BrClNO5. The van der Waals surface area contributed by atoms with Crippen LogP contribution in [-0.2, 0) is 0 Å². The SMILES string of the molecule is O=C(O)c1ccc([N+](=O)[O-])c(Oc2cc(Br)ccc2Cl)c1. The zero-order valence-corrected chi connectivity index (χ0v) is 12.6. The van der Waals surface area contributed by atoms with Gasteiger partial charge in [0.1, 0.15) is 5.75 Å². The molecule has 0 aliphatic heterocycles. The van der Waals surface area contributed by atoms with Gasteiger partial charge in [-0.15, -0.1) is 0 Å². The Labute approximate surface area is 132 Å². The summed E-state index contributed by atoms with van der Waals surface area (Å²) < 4.78 is 6.07. The van der Waals surface area contributed by atoms with E-state index in [2.05, 4.69) is 15.9 Å². The Balaban J connectivity index is 2.50. The van der Waals surface area contributed by atoms with Crippen molar-refractivity contribution >= 4 is 39.2 Å². The topological polar surface area (TPSA) is 89.7 Å². The van der Waals surface area contributed by atoms with E-state index in [4.69, 9.17) is 21.4 Å². The molecule has 1 N–H and O–H groups in total. The van der Waals surface area contributed by atoms with E-state index >= 15 is 0 Å². The smallest absolute Gasteiger partial charge is 0.335 e. The molecule has 0 heterocycles. The van der Waals surface area contributed by atoms with Crippen LogP contribution in [0.4, 0.5) is 5.69 Å². The van der Waals surface area contributed by atoms with Crippen molar-refractivity contribution in [1.29, 1.82) is 0 Å². The number of aromatic carboxylic acids is 1. The zero-order valence-electron chi connectivity index (χ0n) is 10.2. The second-order valence-electron chi connectivity index (χ2n) is 3.92. The predicted octanol–water partition coefficient (Wildman–Crippen LogP) is 4.50. The van der Waals surface area contributed by atoms with Crippen molar-refractivity contribution in [2.75, 3.05) is 0 Å². The van der Waals surface area contributed by atoms with Crippen LogP contribution in [0, 0.1) is 10.1 Å². The summed E-state index contributed by atoms with van der Waals surface area (Å²) in [6.07, 6.45) is 0. The Morgan fingerprint density at radius 3 is 2.57 bits per heavy atom. The molecular weight excluding hydrogens is 366 g/mol. The fourth-order valence-electron chi connectivity index (χ4n) is 1.55. The van der Waals surface area contributed by atoms with Gasteiger partial charge in [-0.25, -0.2) is 4.79 Å². The van der Waals surface area contributed by atoms with Crippen LogP contribution >= 0.6 is 27.5 Å². The zero-order chi connectivity index (χ0) is 15.6. The third-order valence-electron chi connectivity index (χ3n) is 2.52. The molecule has 0 unspecified atom stereocenters. The average molecular weight is 373 g/mol. The summed E-state index contributed by atoms with van der Waals surface area (Å²) in [5.41, 5.74) is -0.474. The van der Waals surface area contributed by atoms with Crippen molar-refractivity contribution in [1.82, 2.24) is 0 Å². The number of halogens is 2. The number of carbonyl (C=O) groups is 1. The van der Waals surface area contributed by atoms with Crippen LogP contribution in [0.15, 0.2) is 40.9 Å². The first-order valence-electron chi connectivity index (χ1n) is 5.53. The summed E-state index contributed by atoms with van der Waals surface area (Å²) in [7, 11) is 0. The van der Waals surface area contributed by atoms with Gasteiger partial charge in [-0.05, 0) is 24.3 Å². The Morgan fingerprint density at radius 1 is 1.24 bits per heavy atom. The lowest BCUT2D eigenvalue weighted by Crippen LogP contribution is -2.00. The molecule has 0 spiro atoms. The number of carboxylic acid groups (broad SMARTS) is 1. The second kappa shape index (κ2) is 6.11. The van der Waals surface area contributed by atoms with E-state index < -0.39 is 10.9 Å². The average Bonchev–Trinajstić information content (AvgIpc) is 2.42.